The van der Waals surface area contributed by atoms with Gasteiger partial charge in [-0.2, -0.15) is 0 Å². The fraction of sp³-hybridized carbons (Fsp3) is 0.100. The van der Waals surface area contributed by atoms with E-state index in [0.717, 1.165) is 0 Å². The van der Waals surface area contributed by atoms with Crippen molar-refractivity contribution in [3.8, 4) is 5.75 Å². The highest BCUT2D eigenvalue weighted by Crippen LogP contribution is 2.37. The maximum absolute atomic E-state index is 13.0. The van der Waals surface area contributed by atoms with Crippen LogP contribution in [-0.4, -0.2) is 22.9 Å². The number of nitro groups is 1. The number of carbonyl (C=O) groups is 1. The molecule has 1 atom stereocenters. The summed E-state index contributed by atoms with van der Waals surface area (Å²) >= 11 is 0. The molecule has 1 aromatic heterocycles. The molecule has 3 aromatic rings. The molecular formula is C20H16N4O4. The third-order valence-electron chi connectivity index (χ3n) is 4.52. The Bertz CT molecular complexity index is 1050. The number of rotatable bonds is 5. The lowest BCUT2D eigenvalue weighted by molar-refractivity contribution is -0.384. The van der Waals surface area contributed by atoms with E-state index in [1.165, 1.54) is 12.1 Å². The van der Waals surface area contributed by atoms with Gasteiger partial charge in [-0.3, -0.25) is 24.8 Å². The van der Waals surface area contributed by atoms with Crippen LogP contribution in [0.4, 0.5) is 17.1 Å². The van der Waals surface area contributed by atoms with E-state index >= 15 is 0 Å². The molecule has 1 amide bonds. The van der Waals surface area contributed by atoms with Gasteiger partial charge in [-0.1, -0.05) is 6.07 Å². The highest BCUT2D eigenvalue weighted by atomic mass is 16.6. The second-order valence-corrected chi connectivity index (χ2v) is 6.16. The molecule has 0 unspecified atom stereocenters. The molecule has 8 nitrogen and oxygen atoms in total. The summed E-state index contributed by atoms with van der Waals surface area (Å²) in [5, 5.41) is 14.3. The summed E-state index contributed by atoms with van der Waals surface area (Å²) in [4.78, 5) is 29.6. The van der Waals surface area contributed by atoms with Gasteiger partial charge >= 0.3 is 0 Å². The second-order valence-electron chi connectivity index (χ2n) is 6.16. The van der Waals surface area contributed by atoms with Crippen molar-refractivity contribution in [1.29, 1.82) is 0 Å². The average molecular weight is 376 g/mol. The predicted molar refractivity (Wildman–Crippen MR) is 104 cm³/mol. The Morgan fingerprint density at radius 3 is 2.64 bits per heavy atom. The zero-order valence-corrected chi connectivity index (χ0v) is 14.9. The number of pyridine rings is 1. The number of carbonyl (C=O) groups excluding carboxylic acids is 1. The zero-order valence-electron chi connectivity index (χ0n) is 14.9. The number of benzene rings is 2. The van der Waals surface area contributed by atoms with E-state index in [1.807, 2.05) is 0 Å². The van der Waals surface area contributed by atoms with E-state index in [4.69, 9.17) is 4.74 Å². The Morgan fingerprint density at radius 1 is 1.14 bits per heavy atom. The fourth-order valence-corrected chi connectivity index (χ4v) is 3.19. The molecule has 2 aromatic carbocycles. The highest BCUT2D eigenvalue weighted by molar-refractivity contribution is 6.11. The molecule has 0 bridgehead atoms. The Hall–Kier alpha value is -3.94. The number of fused-ring (bicyclic) bond motifs is 1. The average Bonchev–Trinajstić information content (AvgIpc) is 3.00. The van der Waals surface area contributed by atoms with Crippen LogP contribution in [0.3, 0.4) is 0 Å². The number of non-ortho nitro benzene ring substituents is 1. The van der Waals surface area contributed by atoms with Crippen molar-refractivity contribution in [3.05, 3.63) is 88.2 Å². The van der Waals surface area contributed by atoms with E-state index in [1.54, 1.807) is 66.7 Å². The van der Waals surface area contributed by atoms with Crippen molar-refractivity contribution < 1.29 is 14.5 Å². The number of aromatic nitrogens is 1. The molecule has 0 aliphatic carbocycles. The van der Waals surface area contributed by atoms with Crippen molar-refractivity contribution >= 4 is 23.0 Å². The SMILES string of the molecule is COc1ccc(N2C(=O)c3cccnc3[C@@H]2Nc2cccc([N+](=O)[O-])c2)cc1. The first-order valence-corrected chi connectivity index (χ1v) is 8.52. The van der Waals surface area contributed by atoms with E-state index in [0.29, 0.717) is 28.4 Å². The molecule has 0 saturated heterocycles. The normalized spacial score (nSPS) is 15.2. The minimum Gasteiger partial charge on any atom is -0.497 e. The molecule has 28 heavy (non-hydrogen) atoms. The number of methoxy groups -OCH3 is 1. The first-order valence-electron chi connectivity index (χ1n) is 8.52. The highest BCUT2D eigenvalue weighted by Gasteiger charge is 2.39. The molecule has 0 fully saturated rings. The molecule has 1 aliphatic rings. The van der Waals surface area contributed by atoms with Crippen LogP contribution in [0.2, 0.25) is 0 Å². The van der Waals surface area contributed by atoms with Crippen LogP contribution in [0.5, 0.6) is 5.75 Å². The molecule has 0 radical (unpaired) electrons. The second kappa shape index (κ2) is 6.99. The van der Waals surface area contributed by atoms with E-state index in [2.05, 4.69) is 10.3 Å². The van der Waals surface area contributed by atoms with Crippen molar-refractivity contribution in [3.63, 3.8) is 0 Å². The van der Waals surface area contributed by atoms with Crippen LogP contribution in [0.15, 0.2) is 66.9 Å². The molecule has 1 aliphatic heterocycles. The van der Waals surface area contributed by atoms with Gasteiger partial charge in [0, 0.05) is 29.7 Å². The van der Waals surface area contributed by atoms with Gasteiger partial charge in [0.1, 0.15) is 5.75 Å². The van der Waals surface area contributed by atoms with Crippen molar-refractivity contribution in [2.24, 2.45) is 0 Å². The summed E-state index contributed by atoms with van der Waals surface area (Å²) in [7, 11) is 1.57. The van der Waals surface area contributed by atoms with Crippen molar-refractivity contribution in [1.82, 2.24) is 4.98 Å². The maximum Gasteiger partial charge on any atom is 0.271 e. The van der Waals surface area contributed by atoms with Crippen molar-refractivity contribution in [2.75, 3.05) is 17.3 Å². The van der Waals surface area contributed by atoms with Crippen LogP contribution in [0.1, 0.15) is 22.2 Å². The Kier molecular flexibility index (Phi) is 4.36. The van der Waals surface area contributed by atoms with Gasteiger partial charge in [0.15, 0.2) is 6.17 Å². The van der Waals surface area contributed by atoms with Gasteiger partial charge in [-0.15, -0.1) is 0 Å². The van der Waals surface area contributed by atoms with Crippen LogP contribution in [-0.2, 0) is 0 Å². The quantitative estimate of drug-likeness (QED) is 0.538. The minimum absolute atomic E-state index is 0.0356. The molecular weight excluding hydrogens is 360 g/mol. The van der Waals surface area contributed by atoms with Crippen LogP contribution < -0.4 is 15.0 Å². The van der Waals surface area contributed by atoms with Gasteiger partial charge in [0.2, 0.25) is 0 Å². The topological polar surface area (TPSA) is 97.6 Å². The summed E-state index contributed by atoms with van der Waals surface area (Å²) < 4.78 is 5.18. The fourth-order valence-electron chi connectivity index (χ4n) is 3.19. The first-order chi connectivity index (χ1) is 13.6. The Balaban J connectivity index is 1.75. The van der Waals surface area contributed by atoms with Gasteiger partial charge in [-0.05, 0) is 42.5 Å². The third kappa shape index (κ3) is 3.01. The smallest absolute Gasteiger partial charge is 0.271 e. The molecule has 4 rings (SSSR count). The number of hydrogen-bond acceptors (Lipinski definition) is 6. The van der Waals surface area contributed by atoms with E-state index in [-0.39, 0.29) is 11.6 Å². The lowest BCUT2D eigenvalue weighted by Crippen LogP contribution is -2.32. The molecule has 8 heteroatoms. The van der Waals surface area contributed by atoms with E-state index < -0.39 is 11.1 Å². The summed E-state index contributed by atoms with van der Waals surface area (Å²) in [5.74, 6) is 0.477. The monoisotopic (exact) mass is 376 g/mol. The lowest BCUT2D eigenvalue weighted by atomic mass is 10.2. The Morgan fingerprint density at radius 2 is 1.93 bits per heavy atom. The number of nitro benzene ring substituents is 1. The van der Waals surface area contributed by atoms with Crippen LogP contribution in [0.25, 0.3) is 0 Å². The van der Waals surface area contributed by atoms with E-state index in [9.17, 15) is 14.9 Å². The maximum atomic E-state index is 13.0. The number of hydrogen-bond donors (Lipinski definition) is 1. The van der Waals surface area contributed by atoms with Crippen molar-refractivity contribution in [2.45, 2.75) is 6.17 Å². The van der Waals surface area contributed by atoms with Gasteiger partial charge in [0.05, 0.1) is 23.3 Å². The largest absolute Gasteiger partial charge is 0.497 e. The number of nitrogens with one attached hydrogen (secondary N) is 1. The number of ether oxygens (including phenoxy) is 1. The van der Waals surface area contributed by atoms with Crippen LogP contribution in [0, 0.1) is 10.1 Å². The standard InChI is InChI=1S/C20H16N4O4/c1-28-16-9-7-14(8-10-16)23-19(18-17(20(23)25)6-3-11-21-18)22-13-4-2-5-15(12-13)24(26)27/h2-12,19,22H,1H3/t19-/m1/s1. The zero-order chi connectivity index (χ0) is 19.7. The predicted octanol–water partition coefficient (Wildman–Crippen LogP) is 3.77. The minimum atomic E-state index is -0.598. The summed E-state index contributed by atoms with van der Waals surface area (Å²) in [5.41, 5.74) is 2.19. The summed E-state index contributed by atoms with van der Waals surface area (Å²) in [6, 6.07) is 16.7. The third-order valence-corrected chi connectivity index (χ3v) is 4.52. The number of amides is 1. The van der Waals surface area contributed by atoms with Gasteiger partial charge in [0.25, 0.3) is 11.6 Å². The molecule has 2 heterocycles. The molecule has 0 saturated carbocycles. The summed E-state index contributed by atoms with van der Waals surface area (Å²) in [6.45, 7) is 0. The summed E-state index contributed by atoms with van der Waals surface area (Å²) in [6.07, 6.45) is 1.02. The Labute approximate surface area is 160 Å². The molecule has 1 N–H and O–H groups in total. The molecule has 0 spiro atoms. The van der Waals surface area contributed by atoms with Gasteiger partial charge < -0.3 is 10.1 Å². The number of anilines is 2. The van der Waals surface area contributed by atoms with Crippen LogP contribution >= 0.6 is 0 Å². The first kappa shape index (κ1) is 17.5. The van der Waals surface area contributed by atoms with Gasteiger partial charge in [-0.25, -0.2) is 0 Å². The number of nitrogens with zero attached hydrogens (tertiary/aromatic N) is 3. The molecule has 140 valence electrons. The lowest BCUT2D eigenvalue weighted by Gasteiger charge is -2.26.